The fourth-order valence-corrected chi connectivity index (χ4v) is 4.17. The number of ketones is 1. The van der Waals surface area contributed by atoms with Gasteiger partial charge in [-0.1, -0.05) is 55.5 Å². The quantitative estimate of drug-likeness (QED) is 0.299. The zero-order valence-electron chi connectivity index (χ0n) is 19.1. The van der Waals surface area contributed by atoms with Crippen molar-refractivity contribution in [1.29, 1.82) is 0 Å². The molecule has 1 N–H and O–H groups in total. The molecule has 1 atom stereocenters. The summed E-state index contributed by atoms with van der Waals surface area (Å²) in [6, 6.07) is 16.6. The van der Waals surface area contributed by atoms with E-state index in [-0.39, 0.29) is 11.6 Å². The molecule has 3 aromatic heterocycles. The lowest BCUT2D eigenvalue weighted by molar-refractivity contribution is 0.0269. The van der Waals surface area contributed by atoms with Crippen LogP contribution in [0.25, 0.3) is 16.7 Å². The van der Waals surface area contributed by atoms with E-state index in [1.165, 1.54) is 4.52 Å². The summed E-state index contributed by atoms with van der Waals surface area (Å²) in [5, 5.41) is 5.04. The Balaban J connectivity index is 1.53. The summed E-state index contributed by atoms with van der Waals surface area (Å²) in [6.45, 7) is 5.75. The predicted molar refractivity (Wildman–Crippen MR) is 127 cm³/mol. The van der Waals surface area contributed by atoms with Crippen LogP contribution in [0.15, 0.2) is 60.8 Å². The largest absolute Gasteiger partial charge is 0.443 e. The number of esters is 1. The molecule has 0 fully saturated rings. The Hall–Kier alpha value is -4.33. The minimum absolute atomic E-state index is 0.151. The zero-order valence-corrected chi connectivity index (χ0v) is 19.1. The normalized spacial score (nSPS) is 12.2. The Morgan fingerprint density at radius 3 is 2.62 bits per heavy atom. The van der Waals surface area contributed by atoms with Gasteiger partial charge in [-0.25, -0.2) is 14.3 Å². The number of rotatable bonds is 6. The van der Waals surface area contributed by atoms with Gasteiger partial charge in [0.1, 0.15) is 0 Å². The topological polar surface area (TPSA) is 102 Å². The van der Waals surface area contributed by atoms with Gasteiger partial charge >= 0.3 is 5.97 Å². The van der Waals surface area contributed by atoms with Crippen LogP contribution in [0, 0.1) is 13.8 Å². The third kappa shape index (κ3) is 3.73. The highest BCUT2D eigenvalue weighted by atomic mass is 16.5. The average Bonchev–Trinajstić information content (AvgIpc) is 3.47. The monoisotopic (exact) mass is 453 g/mol. The van der Waals surface area contributed by atoms with E-state index in [0.717, 1.165) is 34.3 Å². The number of carbonyl (C=O) groups excluding carboxylic acids is 2. The molecule has 0 aliphatic rings. The van der Waals surface area contributed by atoms with Crippen molar-refractivity contribution in [2.24, 2.45) is 0 Å². The lowest BCUT2D eigenvalue weighted by Gasteiger charge is -2.16. The average molecular weight is 454 g/mol. The number of hydrogen-bond acceptors (Lipinski definition) is 6. The molecular weight excluding hydrogens is 430 g/mol. The Labute approximate surface area is 195 Å². The molecule has 34 heavy (non-hydrogen) atoms. The molecule has 8 nitrogen and oxygen atoms in total. The van der Waals surface area contributed by atoms with Gasteiger partial charge in [0.2, 0.25) is 5.78 Å². The number of para-hydroxylation sites is 1. The summed E-state index contributed by atoms with van der Waals surface area (Å²) >= 11 is 0. The molecule has 0 radical (unpaired) electrons. The Morgan fingerprint density at radius 1 is 1.06 bits per heavy atom. The van der Waals surface area contributed by atoms with Crippen molar-refractivity contribution >= 4 is 28.4 Å². The van der Waals surface area contributed by atoms with E-state index in [2.05, 4.69) is 27.0 Å². The first kappa shape index (κ1) is 21.5. The lowest BCUT2D eigenvalue weighted by atomic mass is 9.98. The van der Waals surface area contributed by atoms with Gasteiger partial charge in [-0.15, -0.1) is 5.10 Å². The van der Waals surface area contributed by atoms with Gasteiger partial charge < -0.3 is 9.72 Å². The molecule has 0 saturated heterocycles. The molecular formula is C26H23N5O3. The number of ether oxygens (including phenoxy) is 1. The van der Waals surface area contributed by atoms with Crippen LogP contribution >= 0.6 is 0 Å². The van der Waals surface area contributed by atoms with Crippen LogP contribution in [0.4, 0.5) is 0 Å². The number of fused-ring (bicyclic) bond motifs is 2. The van der Waals surface area contributed by atoms with Crippen molar-refractivity contribution in [3.8, 4) is 0 Å². The number of carbonyl (C=O) groups is 2. The number of hydrogen-bond donors (Lipinski definition) is 1. The fraction of sp³-hybridized carbons (Fsp3) is 0.192. The third-order valence-corrected chi connectivity index (χ3v) is 5.81. The molecule has 1 unspecified atom stereocenters. The second-order valence-electron chi connectivity index (χ2n) is 8.14. The van der Waals surface area contributed by atoms with Crippen molar-refractivity contribution < 1.29 is 14.3 Å². The minimum atomic E-state index is -1.15. The number of aromatic amines is 1. The van der Waals surface area contributed by atoms with E-state index in [1.54, 1.807) is 30.5 Å². The number of nitrogens with zero attached hydrogens (tertiary/aromatic N) is 4. The number of Topliss-reactive ketones (excluding diaryl/α,β-unsaturated/α-hetero) is 1. The van der Waals surface area contributed by atoms with Crippen molar-refractivity contribution in [1.82, 2.24) is 24.6 Å². The van der Waals surface area contributed by atoms with E-state index in [9.17, 15) is 9.59 Å². The van der Waals surface area contributed by atoms with Crippen LogP contribution < -0.4 is 0 Å². The molecule has 3 heterocycles. The summed E-state index contributed by atoms with van der Waals surface area (Å²) in [7, 11) is 0. The molecule has 0 spiro atoms. The Bertz CT molecular complexity index is 1530. The summed E-state index contributed by atoms with van der Waals surface area (Å²) in [5.41, 5.74) is 4.59. The van der Waals surface area contributed by atoms with Crippen LogP contribution in [0.3, 0.4) is 0 Å². The maximum absolute atomic E-state index is 13.7. The Morgan fingerprint density at radius 2 is 1.85 bits per heavy atom. The highest BCUT2D eigenvalue weighted by Gasteiger charge is 2.30. The fourth-order valence-electron chi connectivity index (χ4n) is 4.17. The smallest absolute Gasteiger partial charge is 0.379 e. The highest BCUT2D eigenvalue weighted by molar-refractivity contribution is 6.11. The van der Waals surface area contributed by atoms with E-state index >= 15 is 0 Å². The maximum atomic E-state index is 13.7. The molecule has 0 aliphatic carbocycles. The summed E-state index contributed by atoms with van der Waals surface area (Å²) in [4.78, 5) is 38.5. The second kappa shape index (κ2) is 8.55. The molecule has 0 amide bonds. The van der Waals surface area contributed by atoms with E-state index in [0.29, 0.717) is 16.9 Å². The first-order valence-electron chi connectivity index (χ1n) is 11.1. The maximum Gasteiger partial charge on any atom is 0.379 e. The van der Waals surface area contributed by atoms with E-state index < -0.39 is 12.1 Å². The van der Waals surface area contributed by atoms with Gasteiger partial charge in [0, 0.05) is 39.6 Å². The van der Waals surface area contributed by atoms with Gasteiger partial charge in [0.25, 0.3) is 11.6 Å². The van der Waals surface area contributed by atoms with Crippen molar-refractivity contribution in [3.05, 3.63) is 94.7 Å². The SMILES string of the molecule is CCc1cccc2c(C(=O)C(OC(=O)c3nc4nc(C)cc(C)n4n3)c3ccccc3)c[nH]c12. The molecule has 2 aromatic carbocycles. The standard InChI is InChI=1S/C26H23N5O3/c1-4-17-11-8-12-19-20(14-27-21(17)19)22(32)23(18-9-6-5-7-10-18)34-25(33)24-29-26-28-15(2)13-16(3)31(26)30-24/h5-14,23,27H,4H2,1-3H3. The van der Waals surface area contributed by atoms with Crippen LogP contribution in [0.5, 0.6) is 0 Å². The minimum Gasteiger partial charge on any atom is -0.443 e. The van der Waals surface area contributed by atoms with Crippen molar-refractivity contribution in [2.45, 2.75) is 33.3 Å². The highest BCUT2D eigenvalue weighted by Crippen LogP contribution is 2.29. The second-order valence-corrected chi connectivity index (χ2v) is 8.14. The number of aromatic nitrogens is 5. The van der Waals surface area contributed by atoms with Gasteiger partial charge in [-0.2, -0.15) is 4.98 Å². The third-order valence-electron chi connectivity index (χ3n) is 5.81. The van der Waals surface area contributed by atoms with Crippen molar-refractivity contribution in [3.63, 3.8) is 0 Å². The van der Waals surface area contributed by atoms with E-state index in [4.69, 9.17) is 4.74 Å². The summed E-state index contributed by atoms with van der Waals surface area (Å²) < 4.78 is 7.23. The number of aryl methyl sites for hydroxylation is 3. The van der Waals surface area contributed by atoms with E-state index in [1.807, 2.05) is 44.2 Å². The molecule has 0 aliphatic heterocycles. The first-order chi connectivity index (χ1) is 16.5. The number of H-pyrrole nitrogens is 1. The first-order valence-corrected chi connectivity index (χ1v) is 11.1. The van der Waals surface area contributed by atoms with Gasteiger partial charge in [0.15, 0.2) is 6.10 Å². The molecule has 0 saturated carbocycles. The van der Waals surface area contributed by atoms with Gasteiger partial charge in [-0.05, 0) is 31.9 Å². The van der Waals surface area contributed by atoms with Gasteiger partial charge in [-0.3, -0.25) is 4.79 Å². The Kier molecular flexibility index (Phi) is 5.41. The number of benzene rings is 2. The summed E-state index contributed by atoms with van der Waals surface area (Å²) in [5.74, 6) is -0.968. The zero-order chi connectivity index (χ0) is 23.8. The molecule has 170 valence electrons. The summed E-state index contributed by atoms with van der Waals surface area (Å²) in [6.07, 6.45) is 1.35. The molecule has 5 rings (SSSR count). The lowest BCUT2D eigenvalue weighted by Crippen LogP contribution is -2.21. The van der Waals surface area contributed by atoms with Crippen LogP contribution in [-0.2, 0) is 11.2 Å². The van der Waals surface area contributed by atoms with Crippen molar-refractivity contribution in [2.75, 3.05) is 0 Å². The molecule has 0 bridgehead atoms. The van der Waals surface area contributed by atoms with Crippen LogP contribution in [0.2, 0.25) is 0 Å². The van der Waals surface area contributed by atoms with Crippen LogP contribution in [0.1, 0.15) is 56.5 Å². The molecule has 8 heteroatoms. The number of nitrogens with one attached hydrogen (secondary N) is 1. The van der Waals surface area contributed by atoms with Crippen LogP contribution in [-0.4, -0.2) is 36.3 Å². The predicted octanol–water partition coefficient (Wildman–Crippen LogP) is 4.57. The molecule has 5 aromatic rings. The van der Waals surface area contributed by atoms with Gasteiger partial charge in [0.05, 0.1) is 0 Å².